The number of amides is 1. The topological polar surface area (TPSA) is 97.3 Å². The van der Waals surface area contributed by atoms with E-state index in [1.54, 1.807) is 25.3 Å². The molecule has 0 atom stereocenters. The Kier molecular flexibility index (Phi) is 8.86. The van der Waals surface area contributed by atoms with Crippen LogP contribution in [0.4, 0.5) is 0 Å². The van der Waals surface area contributed by atoms with Gasteiger partial charge in [0, 0.05) is 23.2 Å². The van der Waals surface area contributed by atoms with Gasteiger partial charge in [0.25, 0.3) is 5.91 Å². The van der Waals surface area contributed by atoms with Gasteiger partial charge in [0.15, 0.2) is 0 Å². The lowest BCUT2D eigenvalue weighted by molar-refractivity contribution is -0.121. The molecule has 3 aromatic carbocycles. The van der Waals surface area contributed by atoms with Crippen LogP contribution in [0.2, 0.25) is 5.02 Å². The minimum atomic E-state index is -4.00. The maximum Gasteiger partial charge on any atom is 0.255 e. The summed E-state index contributed by atoms with van der Waals surface area (Å²) in [5.74, 6) is 0.524. The van der Waals surface area contributed by atoms with E-state index in [1.807, 2.05) is 31.2 Å². The van der Waals surface area contributed by atoms with Crippen LogP contribution < -0.4 is 14.9 Å². The Labute approximate surface area is 210 Å². The fraction of sp³-hybridized carbons (Fsp3) is 0.200. The van der Waals surface area contributed by atoms with Gasteiger partial charge in [-0.15, -0.1) is 0 Å². The summed E-state index contributed by atoms with van der Waals surface area (Å²) >= 11 is 5.92. The van der Waals surface area contributed by atoms with Crippen molar-refractivity contribution in [1.82, 2.24) is 9.73 Å². The highest BCUT2D eigenvalue weighted by molar-refractivity contribution is 7.89. The number of hydrazone groups is 1. The molecule has 0 aliphatic rings. The monoisotopic (exact) mass is 515 g/mol. The molecule has 1 amide bonds. The van der Waals surface area contributed by atoms with Gasteiger partial charge in [-0.25, -0.2) is 13.8 Å². The number of rotatable bonds is 10. The lowest BCUT2D eigenvalue weighted by atomic mass is 10.1. The molecule has 1 N–H and O–H groups in total. The Hall–Kier alpha value is -3.40. The number of methoxy groups -OCH3 is 2. The third-order valence-electron chi connectivity index (χ3n) is 5.21. The van der Waals surface area contributed by atoms with E-state index in [2.05, 4.69) is 10.5 Å². The molecule has 3 rings (SSSR count). The van der Waals surface area contributed by atoms with Crippen LogP contribution >= 0.6 is 11.6 Å². The van der Waals surface area contributed by atoms with Gasteiger partial charge in [0.2, 0.25) is 10.0 Å². The van der Waals surface area contributed by atoms with Crippen LogP contribution in [0.1, 0.15) is 16.7 Å². The molecule has 0 aliphatic carbocycles. The van der Waals surface area contributed by atoms with Gasteiger partial charge in [0.05, 0.1) is 31.9 Å². The molecule has 35 heavy (non-hydrogen) atoms. The molecule has 0 unspecified atom stereocenters. The van der Waals surface area contributed by atoms with Gasteiger partial charge in [-0.3, -0.25) is 4.79 Å². The van der Waals surface area contributed by atoms with Gasteiger partial charge in [-0.05, 0) is 54.4 Å². The SMILES string of the molecule is COc1ccc(/C=N\NC(=O)CN(Cc2ccccc2C)S(=O)(=O)c2ccc(Cl)cc2)c(OC)c1. The zero-order valence-electron chi connectivity index (χ0n) is 19.6. The number of sulfonamides is 1. The van der Waals surface area contributed by atoms with Crippen molar-refractivity contribution < 1.29 is 22.7 Å². The standard InChI is InChI=1S/C25H26ClN3O5S/c1-18-6-4-5-7-20(18)16-29(35(31,32)23-12-9-21(26)10-13-23)17-25(30)28-27-15-19-8-11-22(33-2)14-24(19)34-3/h4-15H,16-17H2,1-3H3,(H,28,30)/b27-15-. The Morgan fingerprint density at radius 2 is 1.77 bits per heavy atom. The first-order valence-corrected chi connectivity index (χ1v) is 12.4. The van der Waals surface area contributed by atoms with Crippen molar-refractivity contribution in [2.75, 3.05) is 20.8 Å². The van der Waals surface area contributed by atoms with Crippen molar-refractivity contribution in [1.29, 1.82) is 0 Å². The molecule has 184 valence electrons. The summed E-state index contributed by atoms with van der Waals surface area (Å²) in [5, 5.41) is 4.38. The highest BCUT2D eigenvalue weighted by atomic mass is 35.5. The molecule has 0 bridgehead atoms. The fourth-order valence-electron chi connectivity index (χ4n) is 3.25. The number of hydrogen-bond acceptors (Lipinski definition) is 6. The molecular weight excluding hydrogens is 490 g/mol. The van der Waals surface area contributed by atoms with Crippen molar-refractivity contribution >= 4 is 33.7 Å². The first kappa shape index (κ1) is 26.2. The van der Waals surface area contributed by atoms with Gasteiger partial charge >= 0.3 is 0 Å². The molecule has 0 aromatic heterocycles. The molecule has 0 heterocycles. The highest BCUT2D eigenvalue weighted by Gasteiger charge is 2.27. The smallest absolute Gasteiger partial charge is 0.255 e. The molecule has 0 spiro atoms. The minimum absolute atomic E-state index is 0.0150. The van der Waals surface area contributed by atoms with Crippen LogP contribution in [0.15, 0.2) is 76.7 Å². The average Bonchev–Trinajstić information content (AvgIpc) is 2.85. The highest BCUT2D eigenvalue weighted by Crippen LogP contribution is 2.23. The number of hydrogen-bond donors (Lipinski definition) is 1. The predicted molar refractivity (Wildman–Crippen MR) is 136 cm³/mol. The quantitative estimate of drug-likeness (QED) is 0.325. The van der Waals surface area contributed by atoms with E-state index >= 15 is 0 Å². The van der Waals surface area contributed by atoms with Gasteiger partial charge in [-0.1, -0.05) is 35.9 Å². The van der Waals surface area contributed by atoms with E-state index in [1.165, 1.54) is 37.6 Å². The molecule has 0 saturated heterocycles. The maximum atomic E-state index is 13.4. The van der Waals surface area contributed by atoms with Gasteiger partial charge in [0.1, 0.15) is 11.5 Å². The van der Waals surface area contributed by atoms with Crippen molar-refractivity contribution in [3.8, 4) is 11.5 Å². The van der Waals surface area contributed by atoms with Gasteiger partial charge in [-0.2, -0.15) is 9.41 Å². The maximum absolute atomic E-state index is 13.4. The van der Waals surface area contributed by atoms with E-state index in [9.17, 15) is 13.2 Å². The Balaban J connectivity index is 1.80. The van der Waals surface area contributed by atoms with Gasteiger partial charge < -0.3 is 9.47 Å². The first-order valence-electron chi connectivity index (χ1n) is 10.6. The van der Waals surface area contributed by atoms with Crippen LogP contribution in [0.5, 0.6) is 11.5 Å². The zero-order valence-corrected chi connectivity index (χ0v) is 21.1. The molecular formula is C25H26ClN3O5S. The third kappa shape index (κ3) is 6.82. The predicted octanol–water partition coefficient (Wildman–Crippen LogP) is 4.01. The Bertz CT molecular complexity index is 1310. The van der Waals surface area contributed by atoms with Crippen molar-refractivity contribution in [2.24, 2.45) is 5.10 Å². The van der Waals surface area contributed by atoms with Crippen LogP contribution in [-0.2, 0) is 21.4 Å². The number of carbonyl (C=O) groups excluding carboxylic acids is 1. The average molecular weight is 516 g/mol. The molecule has 0 aliphatic heterocycles. The van der Waals surface area contributed by atoms with E-state index in [4.69, 9.17) is 21.1 Å². The minimum Gasteiger partial charge on any atom is -0.497 e. The van der Waals surface area contributed by atoms with Crippen molar-refractivity contribution in [3.63, 3.8) is 0 Å². The van der Waals surface area contributed by atoms with Crippen LogP contribution in [0.25, 0.3) is 0 Å². The lowest BCUT2D eigenvalue weighted by Gasteiger charge is -2.22. The van der Waals surface area contributed by atoms with Crippen LogP contribution in [0, 0.1) is 6.92 Å². The zero-order chi connectivity index (χ0) is 25.4. The first-order chi connectivity index (χ1) is 16.7. The molecule has 8 nitrogen and oxygen atoms in total. The Morgan fingerprint density at radius 1 is 1.06 bits per heavy atom. The summed E-state index contributed by atoms with van der Waals surface area (Å²) in [5.41, 5.74) is 4.69. The van der Waals surface area contributed by atoms with Crippen LogP contribution in [0.3, 0.4) is 0 Å². The second-order valence-corrected chi connectivity index (χ2v) is 9.93. The third-order valence-corrected chi connectivity index (χ3v) is 7.27. The van der Waals surface area contributed by atoms with E-state index in [0.29, 0.717) is 22.1 Å². The largest absolute Gasteiger partial charge is 0.497 e. The van der Waals surface area contributed by atoms with Crippen LogP contribution in [-0.4, -0.2) is 45.6 Å². The number of halogens is 1. The summed E-state index contributed by atoms with van der Waals surface area (Å²) in [4.78, 5) is 12.7. The van der Waals surface area contributed by atoms with E-state index in [0.717, 1.165) is 15.4 Å². The number of nitrogens with zero attached hydrogens (tertiary/aromatic N) is 2. The summed E-state index contributed by atoms with van der Waals surface area (Å²) in [6, 6.07) is 18.3. The molecule has 0 fully saturated rings. The number of ether oxygens (including phenoxy) is 2. The van der Waals surface area contributed by atoms with E-state index < -0.39 is 22.5 Å². The molecule has 3 aromatic rings. The van der Waals surface area contributed by atoms with E-state index in [-0.39, 0.29) is 11.4 Å². The second-order valence-electron chi connectivity index (χ2n) is 7.55. The molecule has 10 heteroatoms. The number of aryl methyl sites for hydroxylation is 1. The van der Waals surface area contributed by atoms with Crippen molar-refractivity contribution in [3.05, 3.63) is 88.4 Å². The summed E-state index contributed by atoms with van der Waals surface area (Å²) in [7, 11) is -0.940. The fourth-order valence-corrected chi connectivity index (χ4v) is 4.75. The second kappa shape index (κ2) is 11.8. The lowest BCUT2D eigenvalue weighted by Crippen LogP contribution is -2.39. The Morgan fingerprint density at radius 3 is 2.43 bits per heavy atom. The number of nitrogens with one attached hydrogen (secondary N) is 1. The molecule has 0 radical (unpaired) electrons. The summed E-state index contributed by atoms with van der Waals surface area (Å²) in [6.07, 6.45) is 1.41. The number of carbonyl (C=O) groups is 1. The summed E-state index contributed by atoms with van der Waals surface area (Å²) < 4.78 is 38.3. The number of benzene rings is 3. The normalized spacial score (nSPS) is 11.6. The molecule has 0 saturated carbocycles. The van der Waals surface area contributed by atoms with Crippen molar-refractivity contribution in [2.45, 2.75) is 18.4 Å². The summed E-state index contributed by atoms with van der Waals surface area (Å²) in [6.45, 7) is 1.46.